The minimum absolute atomic E-state index is 0.00320. The number of nitrogens with one attached hydrogen (secondary N) is 3. The van der Waals surface area contributed by atoms with Crippen LogP contribution in [0.25, 0.3) is 0 Å². The van der Waals surface area contributed by atoms with Gasteiger partial charge in [-0.05, 0) is 98.4 Å². The Labute approximate surface area is 261 Å². The van der Waals surface area contributed by atoms with Gasteiger partial charge >= 0.3 is 0 Å². The number of amides is 3. The number of carbonyl (C=O) groups is 3. The number of allylic oxidation sites excluding steroid dienone is 1. The molecule has 4 aliphatic rings. The van der Waals surface area contributed by atoms with E-state index in [0.29, 0.717) is 56.8 Å². The highest BCUT2D eigenvalue weighted by atomic mass is 16.5. The summed E-state index contributed by atoms with van der Waals surface area (Å²) >= 11 is 0. The lowest BCUT2D eigenvalue weighted by atomic mass is 9.94. The van der Waals surface area contributed by atoms with Crippen LogP contribution in [-0.2, 0) is 27.3 Å². The maximum Gasteiger partial charge on any atom is 0.242 e. The smallest absolute Gasteiger partial charge is 0.242 e. The normalized spacial score (nSPS) is 29.4. The number of benzene rings is 2. The van der Waals surface area contributed by atoms with Crippen LogP contribution >= 0.6 is 0 Å². The van der Waals surface area contributed by atoms with Crippen LogP contribution in [0.4, 0.5) is 0 Å². The van der Waals surface area contributed by atoms with Gasteiger partial charge < -0.3 is 25.6 Å². The van der Waals surface area contributed by atoms with Crippen molar-refractivity contribution in [2.24, 2.45) is 17.8 Å². The second kappa shape index (κ2) is 14.0. The quantitative estimate of drug-likeness (QED) is 0.451. The topological polar surface area (TPSA) is 99.8 Å². The third-order valence-electron chi connectivity index (χ3n) is 10.0. The van der Waals surface area contributed by atoms with E-state index >= 15 is 0 Å². The molecule has 6 atom stereocenters. The molecule has 8 nitrogen and oxygen atoms in total. The third-order valence-corrected chi connectivity index (χ3v) is 10.0. The van der Waals surface area contributed by atoms with Crippen molar-refractivity contribution in [1.82, 2.24) is 20.9 Å². The molecule has 1 saturated carbocycles. The summed E-state index contributed by atoms with van der Waals surface area (Å²) in [6.07, 6.45) is 10.7. The highest BCUT2D eigenvalue weighted by Gasteiger charge is 2.39. The van der Waals surface area contributed by atoms with Gasteiger partial charge in [0.1, 0.15) is 11.8 Å². The predicted octanol–water partition coefficient (Wildman–Crippen LogP) is 4.06. The standard InChI is InChI=1S/C36H46N4O4/c1-24-9-13-30-20-29(24)22-37-35(42)31(14-11-25-6-3-2-4-7-25)39-36(43)33(38-32-19-27-10-12-28(32)18-27)21-34(41)40-16-5-8-26(23-40)15-17-44-30/h2-4,6-7,9-10,12-13,20,26-28,31-33,38H,5,8,11,14-19,21-23H2,1H3,(H,37,42)(H,39,43)/t26?,27?,28?,31-,32?,33-/m0/s1. The van der Waals surface area contributed by atoms with Gasteiger partial charge in [0.2, 0.25) is 17.7 Å². The molecular formula is C36H46N4O4. The summed E-state index contributed by atoms with van der Waals surface area (Å²) in [5, 5.41) is 9.74. The number of aryl methyl sites for hydroxylation is 2. The molecule has 0 aromatic heterocycles. The van der Waals surface area contributed by atoms with Crippen molar-refractivity contribution in [2.75, 3.05) is 19.7 Å². The van der Waals surface area contributed by atoms with Crippen LogP contribution in [0.2, 0.25) is 0 Å². The third kappa shape index (κ3) is 7.52. The highest BCUT2D eigenvalue weighted by molar-refractivity contribution is 5.92. The Morgan fingerprint density at radius 2 is 1.86 bits per heavy atom. The summed E-state index contributed by atoms with van der Waals surface area (Å²) in [5.74, 6) is 1.56. The molecule has 2 aliphatic carbocycles. The van der Waals surface area contributed by atoms with Crippen LogP contribution < -0.4 is 20.7 Å². The van der Waals surface area contributed by atoms with Gasteiger partial charge in [0.15, 0.2) is 0 Å². The van der Waals surface area contributed by atoms with Gasteiger partial charge in [-0.2, -0.15) is 0 Å². The lowest BCUT2D eigenvalue weighted by Gasteiger charge is -2.34. The van der Waals surface area contributed by atoms with E-state index in [1.54, 1.807) is 0 Å². The maximum absolute atomic E-state index is 14.0. The monoisotopic (exact) mass is 598 g/mol. The number of ether oxygens (including phenoxy) is 1. The van der Waals surface area contributed by atoms with Crippen molar-refractivity contribution < 1.29 is 19.1 Å². The first-order valence-electron chi connectivity index (χ1n) is 16.5. The first-order valence-corrected chi connectivity index (χ1v) is 16.5. The molecule has 2 aliphatic heterocycles. The van der Waals surface area contributed by atoms with E-state index in [1.807, 2.05) is 60.4 Å². The fourth-order valence-electron chi connectivity index (χ4n) is 7.36. The van der Waals surface area contributed by atoms with Crippen molar-refractivity contribution in [2.45, 2.75) is 83.0 Å². The summed E-state index contributed by atoms with van der Waals surface area (Å²) in [6, 6.07) is 14.7. The van der Waals surface area contributed by atoms with Crippen LogP contribution in [0.3, 0.4) is 0 Å². The molecular weight excluding hydrogens is 552 g/mol. The molecule has 4 unspecified atom stereocenters. The number of rotatable bonds is 5. The van der Waals surface area contributed by atoms with Gasteiger partial charge in [0.25, 0.3) is 0 Å². The van der Waals surface area contributed by atoms with E-state index in [2.05, 4.69) is 28.1 Å². The summed E-state index contributed by atoms with van der Waals surface area (Å²) in [5.41, 5.74) is 3.17. The Kier molecular flexibility index (Phi) is 9.65. The maximum atomic E-state index is 14.0. The van der Waals surface area contributed by atoms with E-state index < -0.39 is 12.1 Å². The molecule has 3 amide bonds. The molecule has 0 radical (unpaired) electrons. The summed E-state index contributed by atoms with van der Waals surface area (Å²) < 4.78 is 6.14. The number of hydrogen-bond acceptors (Lipinski definition) is 5. The summed E-state index contributed by atoms with van der Waals surface area (Å²) in [4.78, 5) is 43.3. The second-order valence-electron chi connectivity index (χ2n) is 13.2. The largest absolute Gasteiger partial charge is 0.494 e. The van der Waals surface area contributed by atoms with Crippen molar-refractivity contribution in [3.05, 3.63) is 77.4 Å². The lowest BCUT2D eigenvalue weighted by Crippen LogP contribution is -2.56. The van der Waals surface area contributed by atoms with Gasteiger partial charge in [0, 0.05) is 25.7 Å². The minimum atomic E-state index is -0.736. The van der Waals surface area contributed by atoms with Crippen molar-refractivity contribution in [3.8, 4) is 5.75 Å². The van der Waals surface area contributed by atoms with Crippen molar-refractivity contribution >= 4 is 17.7 Å². The molecule has 234 valence electrons. The number of fused-ring (bicyclic) bond motifs is 6. The Morgan fingerprint density at radius 3 is 2.66 bits per heavy atom. The van der Waals surface area contributed by atoms with E-state index in [9.17, 15) is 14.4 Å². The van der Waals surface area contributed by atoms with E-state index in [1.165, 1.54) is 0 Å². The molecule has 0 spiro atoms. The van der Waals surface area contributed by atoms with Crippen LogP contribution in [0.1, 0.15) is 61.6 Å². The SMILES string of the molecule is Cc1ccc2cc1CNC(=O)[C@H](CCc1ccccc1)NC(=O)[C@@H](NC1CC3C=CC1C3)CC(=O)N1CCCC(CCO2)C1. The Balaban J connectivity index is 1.25. The highest BCUT2D eigenvalue weighted by Crippen LogP contribution is 2.39. The Bertz CT molecular complexity index is 1360. The molecule has 6 bridgehead atoms. The van der Waals surface area contributed by atoms with Gasteiger partial charge in [0.05, 0.1) is 19.1 Å². The molecule has 2 aromatic carbocycles. The van der Waals surface area contributed by atoms with Crippen molar-refractivity contribution in [3.63, 3.8) is 0 Å². The fourth-order valence-corrected chi connectivity index (χ4v) is 7.36. The average Bonchev–Trinajstić information content (AvgIpc) is 3.66. The Hall–Kier alpha value is -3.65. The zero-order chi connectivity index (χ0) is 30.5. The summed E-state index contributed by atoms with van der Waals surface area (Å²) in [7, 11) is 0. The van der Waals surface area contributed by atoms with Gasteiger partial charge in [-0.25, -0.2) is 0 Å². The number of hydrogen-bond donors (Lipinski definition) is 3. The summed E-state index contributed by atoms with van der Waals surface area (Å²) in [6.45, 7) is 4.35. The van der Waals surface area contributed by atoms with E-state index in [0.717, 1.165) is 54.5 Å². The van der Waals surface area contributed by atoms with Crippen molar-refractivity contribution in [1.29, 1.82) is 0 Å². The van der Waals surface area contributed by atoms with Crippen LogP contribution in [0, 0.1) is 24.7 Å². The van der Waals surface area contributed by atoms with Crippen LogP contribution in [0.15, 0.2) is 60.7 Å². The van der Waals surface area contributed by atoms with Gasteiger partial charge in [-0.3, -0.25) is 14.4 Å². The zero-order valence-corrected chi connectivity index (χ0v) is 25.8. The average molecular weight is 599 g/mol. The van der Waals surface area contributed by atoms with Gasteiger partial charge in [-0.1, -0.05) is 48.6 Å². The molecule has 6 rings (SSSR count). The molecule has 2 heterocycles. The molecule has 3 N–H and O–H groups in total. The molecule has 1 saturated heterocycles. The number of nitrogens with zero attached hydrogens (tertiary/aromatic N) is 1. The minimum Gasteiger partial charge on any atom is -0.494 e. The lowest BCUT2D eigenvalue weighted by molar-refractivity contribution is -0.137. The fraction of sp³-hybridized carbons (Fsp3) is 0.528. The van der Waals surface area contributed by atoms with E-state index in [-0.39, 0.29) is 30.2 Å². The number of piperidine rings is 1. The van der Waals surface area contributed by atoms with Gasteiger partial charge in [-0.15, -0.1) is 0 Å². The molecule has 8 heteroatoms. The van der Waals surface area contributed by atoms with Crippen LogP contribution in [0.5, 0.6) is 5.75 Å². The predicted molar refractivity (Wildman–Crippen MR) is 170 cm³/mol. The Morgan fingerprint density at radius 1 is 1.00 bits per heavy atom. The van der Waals surface area contributed by atoms with E-state index in [4.69, 9.17) is 4.74 Å². The number of carbonyl (C=O) groups excluding carboxylic acids is 3. The zero-order valence-electron chi connectivity index (χ0n) is 25.8. The van der Waals surface area contributed by atoms with Crippen LogP contribution in [-0.4, -0.2) is 60.4 Å². The first-order chi connectivity index (χ1) is 21.4. The molecule has 44 heavy (non-hydrogen) atoms. The first kappa shape index (κ1) is 30.4. The second-order valence-corrected chi connectivity index (χ2v) is 13.2. The molecule has 2 fully saturated rings. The molecule has 2 aromatic rings.